The molecule has 6 heteroatoms. The van der Waals surface area contributed by atoms with Gasteiger partial charge in [0.2, 0.25) is 0 Å². The lowest BCUT2D eigenvalue weighted by molar-refractivity contribution is 0.632. The summed E-state index contributed by atoms with van der Waals surface area (Å²) in [5.41, 5.74) is 0.999. The summed E-state index contributed by atoms with van der Waals surface area (Å²) in [6.45, 7) is 5.80. The molecular weight excluding hydrogens is 268 g/mol. The molecule has 0 aliphatic carbocycles. The number of aromatic nitrogens is 2. The number of aromatic amines is 1. The summed E-state index contributed by atoms with van der Waals surface area (Å²) in [6, 6.07) is 5.58. The highest BCUT2D eigenvalue weighted by atomic mass is 16.2. The molecule has 2 aromatic carbocycles. The van der Waals surface area contributed by atoms with Gasteiger partial charge in [0.05, 0.1) is 11.7 Å². The molecule has 0 saturated carbocycles. The van der Waals surface area contributed by atoms with E-state index in [0.717, 1.165) is 16.6 Å². The fourth-order valence-corrected chi connectivity index (χ4v) is 2.16. The molecule has 1 aromatic heterocycles. The van der Waals surface area contributed by atoms with Gasteiger partial charge in [-0.05, 0) is 39.0 Å². The molecule has 3 N–H and O–H groups in total. The first-order chi connectivity index (χ1) is 9.85. The maximum Gasteiger partial charge on any atom is 0.253 e. The molecule has 0 aliphatic rings. The van der Waals surface area contributed by atoms with Crippen LogP contribution < -0.4 is 21.5 Å². The summed E-state index contributed by atoms with van der Waals surface area (Å²) in [6.07, 6.45) is 1.73. The third-order valence-electron chi connectivity index (χ3n) is 3.12. The van der Waals surface area contributed by atoms with Gasteiger partial charge in [0.25, 0.3) is 10.9 Å². The molecular formula is C15H16N4O2. The maximum atomic E-state index is 11.7. The third-order valence-corrected chi connectivity index (χ3v) is 3.12. The van der Waals surface area contributed by atoms with Crippen molar-refractivity contribution in [1.82, 2.24) is 10.2 Å². The molecule has 0 unspecified atom stereocenters. The first kappa shape index (κ1) is 13.4. The number of nitrogens with one attached hydrogen (secondary N) is 3. The van der Waals surface area contributed by atoms with Gasteiger partial charge in [-0.1, -0.05) is 0 Å². The minimum Gasteiger partial charge on any atom is -0.375 e. The van der Waals surface area contributed by atoms with Gasteiger partial charge in [-0.15, -0.1) is 0 Å². The van der Waals surface area contributed by atoms with Crippen LogP contribution in [0.15, 0.2) is 34.0 Å². The summed E-state index contributed by atoms with van der Waals surface area (Å²) in [7, 11) is 0. The van der Waals surface area contributed by atoms with Crippen molar-refractivity contribution in [3.05, 3.63) is 44.8 Å². The van der Waals surface area contributed by atoms with Crippen molar-refractivity contribution in [2.75, 3.05) is 10.6 Å². The minimum atomic E-state index is -0.494. The highest BCUT2D eigenvalue weighted by Gasteiger charge is 2.24. The molecule has 0 radical (unpaired) electrons. The molecule has 108 valence electrons. The number of rotatable bonds is 3. The van der Waals surface area contributed by atoms with Crippen LogP contribution in [0.5, 0.6) is 0 Å². The van der Waals surface area contributed by atoms with E-state index in [1.807, 2.05) is 39.0 Å². The number of H-pyrrole nitrogens is 1. The Morgan fingerprint density at radius 2 is 1.81 bits per heavy atom. The molecule has 3 aromatic rings. The molecule has 0 amide bonds. The summed E-state index contributed by atoms with van der Waals surface area (Å²) < 4.78 is 0. The Hall–Kier alpha value is -2.63. The Balaban J connectivity index is 1.93. The van der Waals surface area contributed by atoms with E-state index < -0.39 is 10.9 Å². The average molecular weight is 284 g/mol. The Labute approximate surface area is 120 Å². The van der Waals surface area contributed by atoms with Gasteiger partial charge in [0, 0.05) is 16.6 Å². The number of benzene rings is 1. The van der Waals surface area contributed by atoms with Gasteiger partial charge >= 0.3 is 0 Å². The van der Waals surface area contributed by atoms with Crippen LogP contribution in [0.2, 0.25) is 0 Å². The first-order valence-corrected chi connectivity index (χ1v) is 6.67. The Kier molecular flexibility index (Phi) is 2.83. The van der Waals surface area contributed by atoms with Crippen LogP contribution in [0.25, 0.3) is 10.9 Å². The van der Waals surface area contributed by atoms with E-state index in [2.05, 4.69) is 20.8 Å². The second-order valence-electron chi connectivity index (χ2n) is 6.08. The van der Waals surface area contributed by atoms with Crippen molar-refractivity contribution >= 4 is 28.0 Å². The molecule has 0 atom stereocenters. The van der Waals surface area contributed by atoms with Crippen LogP contribution in [0.3, 0.4) is 0 Å². The highest BCUT2D eigenvalue weighted by Crippen LogP contribution is 2.25. The molecule has 0 spiro atoms. The fraction of sp³-hybridized carbons (Fsp3) is 0.267. The molecule has 0 aliphatic heterocycles. The number of fused-ring (bicyclic) bond motifs is 1. The van der Waals surface area contributed by atoms with Gasteiger partial charge < -0.3 is 10.6 Å². The van der Waals surface area contributed by atoms with E-state index in [4.69, 9.17) is 0 Å². The maximum absolute atomic E-state index is 11.7. The summed E-state index contributed by atoms with van der Waals surface area (Å²) in [4.78, 5) is 23.4. The van der Waals surface area contributed by atoms with Crippen molar-refractivity contribution in [3.8, 4) is 0 Å². The second kappa shape index (κ2) is 4.44. The number of hydrogen-bond acceptors (Lipinski definition) is 5. The first-order valence-electron chi connectivity index (χ1n) is 6.67. The highest BCUT2D eigenvalue weighted by molar-refractivity contribution is 5.85. The molecule has 0 bridgehead atoms. The van der Waals surface area contributed by atoms with Crippen LogP contribution >= 0.6 is 0 Å². The normalized spacial score (nSPS) is 12.0. The molecule has 1 heterocycles. The predicted octanol–water partition coefficient (Wildman–Crippen LogP) is 2.11. The lowest BCUT2D eigenvalue weighted by atomic mass is 10.1. The molecule has 0 fully saturated rings. The van der Waals surface area contributed by atoms with Crippen LogP contribution in [0.1, 0.15) is 20.8 Å². The number of nitrogens with zero attached hydrogens (tertiary/aromatic N) is 1. The lowest BCUT2D eigenvalue weighted by Crippen LogP contribution is -2.41. The van der Waals surface area contributed by atoms with E-state index in [1.165, 1.54) is 0 Å². The Morgan fingerprint density at radius 1 is 1.10 bits per heavy atom. The van der Waals surface area contributed by atoms with E-state index >= 15 is 0 Å². The van der Waals surface area contributed by atoms with Crippen molar-refractivity contribution in [1.29, 1.82) is 0 Å². The zero-order valence-electron chi connectivity index (χ0n) is 12.1. The minimum absolute atomic E-state index is 0.286. The molecule has 0 saturated heterocycles. The summed E-state index contributed by atoms with van der Waals surface area (Å²) in [5.74, 6) is 0. The topological polar surface area (TPSA) is 86.9 Å². The second-order valence-corrected chi connectivity index (χ2v) is 6.08. The van der Waals surface area contributed by atoms with Crippen molar-refractivity contribution in [3.63, 3.8) is 0 Å². The van der Waals surface area contributed by atoms with Gasteiger partial charge in [-0.25, -0.2) is 0 Å². The third kappa shape index (κ3) is 2.40. The Morgan fingerprint density at radius 3 is 2.52 bits per heavy atom. The largest absolute Gasteiger partial charge is 0.375 e. The molecule has 3 rings (SSSR count). The van der Waals surface area contributed by atoms with E-state index in [9.17, 15) is 9.59 Å². The molecule has 21 heavy (non-hydrogen) atoms. The van der Waals surface area contributed by atoms with Crippen LogP contribution in [-0.2, 0) is 0 Å². The van der Waals surface area contributed by atoms with Crippen LogP contribution in [-0.4, -0.2) is 15.7 Å². The van der Waals surface area contributed by atoms with Crippen LogP contribution in [0, 0.1) is 0 Å². The average Bonchev–Trinajstić information content (AvgIpc) is 2.88. The van der Waals surface area contributed by atoms with Gasteiger partial charge in [-0.2, -0.15) is 5.10 Å². The van der Waals surface area contributed by atoms with Gasteiger partial charge in [0.15, 0.2) is 0 Å². The van der Waals surface area contributed by atoms with E-state index in [-0.39, 0.29) is 5.54 Å². The van der Waals surface area contributed by atoms with Crippen LogP contribution in [0.4, 0.5) is 17.1 Å². The molecule has 6 nitrogen and oxygen atoms in total. The monoisotopic (exact) mass is 284 g/mol. The van der Waals surface area contributed by atoms with Crippen molar-refractivity contribution < 1.29 is 0 Å². The van der Waals surface area contributed by atoms with Gasteiger partial charge in [0.1, 0.15) is 11.4 Å². The zero-order valence-corrected chi connectivity index (χ0v) is 12.1. The van der Waals surface area contributed by atoms with E-state index in [1.54, 1.807) is 6.20 Å². The quantitative estimate of drug-likeness (QED) is 0.641. The van der Waals surface area contributed by atoms with Gasteiger partial charge in [-0.3, -0.25) is 14.7 Å². The zero-order chi connectivity index (χ0) is 15.2. The fourth-order valence-electron chi connectivity index (χ4n) is 2.16. The van der Waals surface area contributed by atoms with E-state index in [0.29, 0.717) is 11.4 Å². The lowest BCUT2D eigenvalue weighted by Gasteiger charge is -2.24. The van der Waals surface area contributed by atoms with Crippen molar-refractivity contribution in [2.45, 2.75) is 26.3 Å². The smallest absolute Gasteiger partial charge is 0.253 e. The summed E-state index contributed by atoms with van der Waals surface area (Å²) in [5, 5.41) is 13.9. The number of anilines is 3. The van der Waals surface area contributed by atoms with Crippen molar-refractivity contribution in [2.24, 2.45) is 0 Å². The SMILES string of the molecule is CC(C)(C)Nc1c(Nc2ccc3cn[nH]c3c2)c(=O)c1=O. The number of hydrogen-bond donors (Lipinski definition) is 3. The Bertz CT molecular complexity index is 879. The predicted molar refractivity (Wildman–Crippen MR) is 84.1 cm³/mol. The summed E-state index contributed by atoms with van der Waals surface area (Å²) >= 11 is 0. The standard InChI is InChI=1S/C15H16N4O2/c1-15(2,3)18-12-11(13(20)14(12)21)17-9-5-4-8-7-16-19-10(8)6-9/h4-7,17-18H,1-3H3,(H,16,19).